The normalized spacial score (nSPS) is 36.2. The number of benzene rings is 1. The second-order valence-electron chi connectivity index (χ2n) is 10.9. The van der Waals surface area contributed by atoms with Gasteiger partial charge in [0, 0.05) is 5.56 Å². The van der Waals surface area contributed by atoms with Crippen LogP contribution in [-0.4, -0.2) is 18.7 Å². The molecular formula is C24H34N2O2. The van der Waals surface area contributed by atoms with Crippen LogP contribution < -0.4 is 10.2 Å². The Morgan fingerprint density at radius 3 is 2.50 bits per heavy atom. The van der Waals surface area contributed by atoms with Gasteiger partial charge in [-0.1, -0.05) is 39.8 Å². The average Bonchev–Trinajstić information content (AvgIpc) is 2.57. The molecule has 0 aromatic heterocycles. The van der Waals surface area contributed by atoms with E-state index in [2.05, 4.69) is 38.2 Å². The summed E-state index contributed by atoms with van der Waals surface area (Å²) in [5.74, 6) is 2.09. The van der Waals surface area contributed by atoms with Gasteiger partial charge in [0.05, 0.1) is 18.2 Å². The van der Waals surface area contributed by atoms with E-state index in [1.807, 2.05) is 24.3 Å². The molecule has 1 aromatic carbocycles. The Labute approximate surface area is 169 Å². The molecule has 4 fully saturated rings. The molecule has 1 amide bonds. The zero-order valence-electron chi connectivity index (χ0n) is 17.8. The Morgan fingerprint density at radius 1 is 1.18 bits per heavy atom. The number of hydrogen-bond donors (Lipinski definition) is 1. The topological polar surface area (TPSA) is 50.7 Å². The molecule has 0 saturated heterocycles. The van der Waals surface area contributed by atoms with Crippen molar-refractivity contribution in [3.63, 3.8) is 0 Å². The van der Waals surface area contributed by atoms with Crippen LogP contribution in [0.5, 0.6) is 5.75 Å². The maximum Gasteiger partial charge on any atom is 0.246 e. The van der Waals surface area contributed by atoms with Crippen LogP contribution in [0.1, 0.15) is 71.8 Å². The summed E-state index contributed by atoms with van der Waals surface area (Å²) in [7, 11) is 0. The summed E-state index contributed by atoms with van der Waals surface area (Å²) in [5, 5.41) is 4.33. The first kappa shape index (κ1) is 19.5. The molecule has 0 aliphatic heterocycles. The van der Waals surface area contributed by atoms with Crippen LogP contribution in [0.25, 0.3) is 0 Å². The Balaban J connectivity index is 1.45. The summed E-state index contributed by atoms with van der Waals surface area (Å²) < 4.78 is 5.88. The summed E-state index contributed by atoms with van der Waals surface area (Å²) in [5.41, 5.74) is 4.21. The number of carbonyl (C=O) groups is 1. The molecule has 1 aromatic rings. The van der Waals surface area contributed by atoms with Crippen molar-refractivity contribution in [2.24, 2.45) is 33.2 Å². The van der Waals surface area contributed by atoms with Crippen molar-refractivity contribution in [2.45, 2.75) is 66.2 Å². The third kappa shape index (κ3) is 3.70. The minimum Gasteiger partial charge on any atom is -0.493 e. The molecule has 28 heavy (non-hydrogen) atoms. The van der Waals surface area contributed by atoms with Crippen molar-refractivity contribution in [3.8, 4) is 5.75 Å². The van der Waals surface area contributed by atoms with E-state index in [4.69, 9.17) is 4.74 Å². The first-order valence-corrected chi connectivity index (χ1v) is 10.8. The standard InChI is InChI=1S/C24H34N2O2/c1-17(2)13-28-20-8-6-5-7-19(20)12-25-26-21(27)24-11-18-9-22(3,15-24)14-23(4,10-18)16-24/h5-8,12,17-18H,9-11,13-16H2,1-4H3,(H,26,27)/b25-12+. The Bertz CT molecular complexity index is 767. The maximum absolute atomic E-state index is 13.2. The number of nitrogens with zero attached hydrogens (tertiary/aromatic N) is 1. The van der Waals surface area contributed by atoms with E-state index < -0.39 is 0 Å². The third-order valence-corrected chi connectivity index (χ3v) is 6.97. The molecule has 2 atom stereocenters. The van der Waals surface area contributed by atoms with Crippen molar-refractivity contribution in [3.05, 3.63) is 29.8 Å². The summed E-state index contributed by atoms with van der Waals surface area (Å²) in [6.07, 6.45) is 8.65. The average molecular weight is 383 g/mol. The fourth-order valence-corrected chi connectivity index (χ4v) is 6.96. The molecule has 5 rings (SSSR count). The summed E-state index contributed by atoms with van der Waals surface area (Å²) >= 11 is 0. The van der Waals surface area contributed by atoms with E-state index in [0.29, 0.717) is 29.3 Å². The van der Waals surface area contributed by atoms with Gasteiger partial charge in [0.25, 0.3) is 0 Å². The smallest absolute Gasteiger partial charge is 0.246 e. The van der Waals surface area contributed by atoms with Crippen LogP contribution in [0, 0.1) is 28.1 Å². The van der Waals surface area contributed by atoms with Crippen molar-refractivity contribution in [2.75, 3.05) is 6.61 Å². The van der Waals surface area contributed by atoms with E-state index in [-0.39, 0.29) is 11.3 Å². The van der Waals surface area contributed by atoms with Gasteiger partial charge in [-0.25, -0.2) is 5.43 Å². The highest BCUT2D eigenvalue weighted by molar-refractivity contribution is 5.87. The van der Waals surface area contributed by atoms with Crippen molar-refractivity contribution in [1.29, 1.82) is 0 Å². The molecule has 2 unspecified atom stereocenters. The summed E-state index contributed by atoms with van der Waals surface area (Å²) in [6, 6.07) is 7.85. The molecule has 4 saturated carbocycles. The van der Waals surface area contributed by atoms with Crippen molar-refractivity contribution >= 4 is 12.1 Å². The monoisotopic (exact) mass is 382 g/mol. The number of hydrogen-bond acceptors (Lipinski definition) is 3. The predicted molar refractivity (Wildman–Crippen MR) is 112 cm³/mol. The van der Waals surface area contributed by atoms with E-state index in [9.17, 15) is 4.79 Å². The molecule has 4 aliphatic rings. The van der Waals surface area contributed by atoms with Gasteiger partial charge in [-0.15, -0.1) is 0 Å². The largest absolute Gasteiger partial charge is 0.493 e. The number of rotatable bonds is 6. The van der Waals surface area contributed by atoms with Crippen LogP contribution in [0.2, 0.25) is 0 Å². The molecule has 152 valence electrons. The number of carbonyl (C=O) groups excluding carboxylic acids is 1. The molecule has 1 N–H and O–H groups in total. The molecule has 4 heteroatoms. The maximum atomic E-state index is 13.2. The molecule has 0 radical (unpaired) electrons. The third-order valence-electron chi connectivity index (χ3n) is 6.97. The van der Waals surface area contributed by atoms with E-state index in [0.717, 1.165) is 30.6 Å². The fraction of sp³-hybridized carbons (Fsp3) is 0.667. The lowest BCUT2D eigenvalue weighted by Crippen LogP contribution is -2.59. The van der Waals surface area contributed by atoms with Crippen LogP contribution >= 0.6 is 0 Å². The van der Waals surface area contributed by atoms with Gasteiger partial charge in [-0.05, 0) is 73.3 Å². The van der Waals surface area contributed by atoms with Crippen molar-refractivity contribution in [1.82, 2.24) is 5.43 Å². The van der Waals surface area contributed by atoms with Crippen LogP contribution in [0.4, 0.5) is 0 Å². The van der Waals surface area contributed by atoms with Gasteiger partial charge in [-0.3, -0.25) is 4.79 Å². The van der Waals surface area contributed by atoms with E-state index >= 15 is 0 Å². The SMILES string of the molecule is CC(C)COc1ccccc1/C=N/NC(=O)C12CC3CC(C)(CC(C)(C3)C1)C2. The summed E-state index contributed by atoms with van der Waals surface area (Å²) in [6.45, 7) is 9.71. The first-order valence-electron chi connectivity index (χ1n) is 10.8. The van der Waals surface area contributed by atoms with Crippen molar-refractivity contribution < 1.29 is 9.53 Å². The lowest BCUT2D eigenvalue weighted by atomic mass is 9.40. The van der Waals surface area contributed by atoms with Crippen LogP contribution in [0.15, 0.2) is 29.4 Å². The second-order valence-corrected chi connectivity index (χ2v) is 10.9. The highest BCUT2D eigenvalue weighted by atomic mass is 16.5. The molecular weight excluding hydrogens is 348 g/mol. The molecule has 0 heterocycles. The quantitative estimate of drug-likeness (QED) is 0.545. The number of hydrazone groups is 1. The van der Waals surface area contributed by atoms with Crippen LogP contribution in [-0.2, 0) is 4.79 Å². The minimum absolute atomic E-state index is 0.117. The number of ether oxygens (including phenoxy) is 1. The summed E-state index contributed by atoms with van der Waals surface area (Å²) in [4.78, 5) is 13.2. The number of para-hydroxylation sites is 1. The highest BCUT2D eigenvalue weighted by Crippen LogP contribution is 2.69. The van der Waals surface area contributed by atoms with Gasteiger partial charge in [0.2, 0.25) is 5.91 Å². The highest BCUT2D eigenvalue weighted by Gasteiger charge is 2.62. The lowest BCUT2D eigenvalue weighted by molar-refractivity contribution is -0.170. The predicted octanol–water partition coefficient (Wildman–Crippen LogP) is 5.17. The first-order chi connectivity index (χ1) is 13.2. The molecule has 4 aliphatic carbocycles. The Morgan fingerprint density at radius 2 is 1.86 bits per heavy atom. The van der Waals surface area contributed by atoms with E-state index in [1.165, 1.54) is 19.3 Å². The second kappa shape index (κ2) is 6.89. The van der Waals surface area contributed by atoms with E-state index in [1.54, 1.807) is 6.21 Å². The van der Waals surface area contributed by atoms with Gasteiger partial charge in [0.15, 0.2) is 0 Å². The van der Waals surface area contributed by atoms with Gasteiger partial charge >= 0.3 is 0 Å². The number of amides is 1. The zero-order valence-corrected chi connectivity index (χ0v) is 17.8. The zero-order chi connectivity index (χ0) is 20.0. The number of nitrogens with one attached hydrogen (secondary N) is 1. The van der Waals surface area contributed by atoms with Gasteiger partial charge in [-0.2, -0.15) is 5.10 Å². The molecule has 4 bridgehead atoms. The Hall–Kier alpha value is -1.84. The Kier molecular flexibility index (Phi) is 4.79. The molecule has 4 nitrogen and oxygen atoms in total. The lowest BCUT2D eigenvalue weighted by Gasteiger charge is -2.64. The fourth-order valence-electron chi connectivity index (χ4n) is 6.96. The minimum atomic E-state index is -0.228. The van der Waals surface area contributed by atoms with Crippen LogP contribution in [0.3, 0.4) is 0 Å². The van der Waals surface area contributed by atoms with Gasteiger partial charge in [0.1, 0.15) is 5.75 Å². The molecule has 0 spiro atoms. The van der Waals surface area contributed by atoms with Gasteiger partial charge < -0.3 is 4.74 Å².